The van der Waals surface area contributed by atoms with Crippen molar-refractivity contribution in [2.75, 3.05) is 36.4 Å². The molecule has 3 N–H and O–H groups in total. The van der Waals surface area contributed by atoms with Crippen LogP contribution >= 0.6 is 0 Å². The summed E-state index contributed by atoms with van der Waals surface area (Å²) in [6.07, 6.45) is 6.70. The molecule has 154 valence electrons. The second kappa shape index (κ2) is 10.5. The Labute approximate surface area is 168 Å². The maximum absolute atomic E-state index is 12.9. The molecule has 2 amide bonds. The lowest BCUT2D eigenvalue weighted by atomic mass is 9.96. The number of benzene rings is 1. The van der Waals surface area contributed by atoms with Gasteiger partial charge in [-0.15, -0.1) is 0 Å². The van der Waals surface area contributed by atoms with Crippen LogP contribution in [0, 0.1) is 5.92 Å². The molecule has 1 aromatic rings. The van der Waals surface area contributed by atoms with Gasteiger partial charge in [-0.1, -0.05) is 25.8 Å². The van der Waals surface area contributed by atoms with E-state index in [0.717, 1.165) is 63.2 Å². The molecule has 0 aliphatic carbocycles. The number of rotatable bonds is 8. The van der Waals surface area contributed by atoms with Crippen molar-refractivity contribution in [3.8, 4) is 0 Å². The Morgan fingerprint density at radius 2 is 1.96 bits per heavy atom. The van der Waals surface area contributed by atoms with Gasteiger partial charge in [0.25, 0.3) is 0 Å². The van der Waals surface area contributed by atoms with E-state index in [2.05, 4.69) is 33.8 Å². The van der Waals surface area contributed by atoms with Crippen LogP contribution in [0.1, 0.15) is 51.9 Å². The van der Waals surface area contributed by atoms with Crippen LogP contribution in [0.25, 0.3) is 0 Å². The Hall–Kier alpha value is -2.08. The van der Waals surface area contributed by atoms with Crippen molar-refractivity contribution in [3.63, 3.8) is 0 Å². The molecule has 2 saturated heterocycles. The highest BCUT2D eigenvalue weighted by atomic mass is 16.2. The Balaban J connectivity index is 1.62. The van der Waals surface area contributed by atoms with Crippen LogP contribution in [-0.4, -0.2) is 44.0 Å². The number of piperidine rings is 1. The first-order valence-electron chi connectivity index (χ1n) is 10.8. The van der Waals surface area contributed by atoms with E-state index in [0.29, 0.717) is 6.42 Å². The van der Waals surface area contributed by atoms with E-state index >= 15 is 0 Å². The number of nitrogens with one attached hydrogen (secondary N) is 3. The van der Waals surface area contributed by atoms with Gasteiger partial charge in [-0.3, -0.25) is 9.59 Å². The third kappa shape index (κ3) is 5.71. The number of anilines is 2. The molecule has 0 radical (unpaired) electrons. The molecule has 1 unspecified atom stereocenters. The first-order valence-corrected chi connectivity index (χ1v) is 10.8. The van der Waals surface area contributed by atoms with Gasteiger partial charge in [0.15, 0.2) is 0 Å². The highest BCUT2D eigenvalue weighted by Crippen LogP contribution is 2.23. The summed E-state index contributed by atoms with van der Waals surface area (Å²) in [6.45, 7) is 5.98. The topological polar surface area (TPSA) is 73.5 Å². The average Bonchev–Trinajstić information content (AvgIpc) is 3.26. The summed E-state index contributed by atoms with van der Waals surface area (Å²) < 4.78 is 0. The highest BCUT2D eigenvalue weighted by Gasteiger charge is 2.26. The minimum Gasteiger partial charge on any atom is -0.371 e. The van der Waals surface area contributed by atoms with Gasteiger partial charge in [0, 0.05) is 30.4 Å². The van der Waals surface area contributed by atoms with Crippen molar-refractivity contribution < 1.29 is 9.59 Å². The number of carbonyl (C=O) groups is 2. The molecule has 0 saturated carbocycles. The van der Waals surface area contributed by atoms with Gasteiger partial charge in [0.1, 0.15) is 6.04 Å². The molecule has 1 aromatic carbocycles. The zero-order chi connectivity index (χ0) is 19.8. The monoisotopic (exact) mass is 386 g/mol. The third-order valence-corrected chi connectivity index (χ3v) is 5.77. The molecular formula is C22H34N4O2. The molecule has 1 atom stereocenters. The van der Waals surface area contributed by atoms with E-state index in [1.54, 1.807) is 0 Å². The zero-order valence-corrected chi connectivity index (χ0v) is 17.0. The second-order valence-electron chi connectivity index (χ2n) is 7.96. The fourth-order valence-electron chi connectivity index (χ4n) is 4.04. The predicted octanol–water partition coefficient (Wildman–Crippen LogP) is 2.90. The van der Waals surface area contributed by atoms with Crippen LogP contribution in [0.3, 0.4) is 0 Å². The maximum Gasteiger partial charge on any atom is 0.246 e. The van der Waals surface area contributed by atoms with Gasteiger partial charge < -0.3 is 20.9 Å². The van der Waals surface area contributed by atoms with E-state index in [-0.39, 0.29) is 17.7 Å². The lowest BCUT2D eigenvalue weighted by Crippen LogP contribution is -2.47. The van der Waals surface area contributed by atoms with Crippen molar-refractivity contribution in [3.05, 3.63) is 24.3 Å². The average molecular weight is 387 g/mol. The smallest absolute Gasteiger partial charge is 0.246 e. The number of hydrogen-bond acceptors (Lipinski definition) is 4. The van der Waals surface area contributed by atoms with Gasteiger partial charge in [-0.05, 0) is 63.4 Å². The van der Waals surface area contributed by atoms with Gasteiger partial charge in [-0.25, -0.2) is 0 Å². The summed E-state index contributed by atoms with van der Waals surface area (Å²) in [5, 5.41) is 9.33. The van der Waals surface area contributed by atoms with Crippen LogP contribution in [0.15, 0.2) is 24.3 Å². The molecular weight excluding hydrogens is 352 g/mol. The fraction of sp³-hybridized carbons (Fsp3) is 0.636. The van der Waals surface area contributed by atoms with Crippen LogP contribution in [-0.2, 0) is 9.59 Å². The fourth-order valence-corrected chi connectivity index (χ4v) is 4.04. The molecule has 28 heavy (non-hydrogen) atoms. The third-order valence-electron chi connectivity index (χ3n) is 5.77. The number of carbonyl (C=O) groups excluding carboxylic acids is 2. The van der Waals surface area contributed by atoms with Crippen molar-refractivity contribution >= 4 is 23.2 Å². The van der Waals surface area contributed by atoms with E-state index in [1.165, 1.54) is 12.8 Å². The number of amides is 2. The Bertz CT molecular complexity index is 652. The summed E-state index contributed by atoms with van der Waals surface area (Å²) in [5.41, 5.74) is 1.95. The first kappa shape index (κ1) is 20.6. The normalized spacial score (nSPS) is 18.7. The number of unbranched alkanes of at least 4 members (excludes halogenated alkanes) is 1. The summed E-state index contributed by atoms with van der Waals surface area (Å²) in [6, 6.07) is 7.56. The minimum atomic E-state index is -0.474. The lowest BCUT2D eigenvalue weighted by Gasteiger charge is -2.25. The highest BCUT2D eigenvalue weighted by molar-refractivity contribution is 5.97. The quantitative estimate of drug-likeness (QED) is 0.642. The summed E-state index contributed by atoms with van der Waals surface area (Å²) in [4.78, 5) is 27.9. The number of hydrogen-bond donors (Lipinski definition) is 3. The van der Waals surface area contributed by atoms with Gasteiger partial charge in [0.05, 0.1) is 0 Å². The van der Waals surface area contributed by atoms with Crippen LogP contribution in [0.4, 0.5) is 11.4 Å². The molecule has 0 bridgehead atoms. The number of nitrogens with zero attached hydrogens (tertiary/aromatic N) is 1. The summed E-state index contributed by atoms with van der Waals surface area (Å²) in [7, 11) is 0. The summed E-state index contributed by atoms with van der Waals surface area (Å²) in [5.74, 6) is -0.0884. The SMILES string of the molecule is CCCCC(NC(=O)C1CCNCC1)C(=O)Nc1cccc(N2CCCC2)c1. The molecule has 2 aliphatic rings. The Morgan fingerprint density at radius 3 is 2.68 bits per heavy atom. The minimum absolute atomic E-state index is 0.0108. The van der Waals surface area contributed by atoms with Crippen LogP contribution < -0.4 is 20.9 Å². The summed E-state index contributed by atoms with van der Waals surface area (Å²) >= 11 is 0. The Morgan fingerprint density at radius 1 is 1.21 bits per heavy atom. The largest absolute Gasteiger partial charge is 0.371 e. The predicted molar refractivity (Wildman–Crippen MR) is 114 cm³/mol. The van der Waals surface area contributed by atoms with Gasteiger partial charge in [0.2, 0.25) is 11.8 Å². The van der Waals surface area contributed by atoms with Crippen molar-refractivity contribution in [1.82, 2.24) is 10.6 Å². The molecule has 2 heterocycles. The standard InChI is InChI=1S/C22H34N4O2/c1-2-3-9-20(25-21(27)17-10-12-23-13-11-17)22(28)24-18-7-6-8-19(16-18)26-14-4-5-15-26/h6-8,16-17,20,23H,2-5,9-15H2,1H3,(H,24,28)(H,25,27). The van der Waals surface area contributed by atoms with Crippen molar-refractivity contribution in [1.29, 1.82) is 0 Å². The molecule has 6 nitrogen and oxygen atoms in total. The first-order chi connectivity index (χ1) is 13.7. The van der Waals surface area contributed by atoms with Crippen molar-refractivity contribution in [2.45, 2.75) is 57.9 Å². The molecule has 2 fully saturated rings. The van der Waals surface area contributed by atoms with Crippen molar-refractivity contribution in [2.24, 2.45) is 5.92 Å². The van der Waals surface area contributed by atoms with E-state index in [1.807, 2.05) is 18.2 Å². The van der Waals surface area contributed by atoms with Crippen LogP contribution in [0.2, 0.25) is 0 Å². The Kier molecular flexibility index (Phi) is 7.71. The molecule has 0 spiro atoms. The molecule has 3 rings (SSSR count). The van der Waals surface area contributed by atoms with E-state index in [9.17, 15) is 9.59 Å². The maximum atomic E-state index is 12.9. The molecule has 0 aromatic heterocycles. The van der Waals surface area contributed by atoms with E-state index < -0.39 is 6.04 Å². The molecule has 2 aliphatic heterocycles. The lowest BCUT2D eigenvalue weighted by molar-refractivity contribution is -0.130. The van der Waals surface area contributed by atoms with Crippen LogP contribution in [0.5, 0.6) is 0 Å². The second-order valence-corrected chi connectivity index (χ2v) is 7.96. The zero-order valence-electron chi connectivity index (χ0n) is 17.0. The van der Waals surface area contributed by atoms with Gasteiger partial charge in [-0.2, -0.15) is 0 Å². The van der Waals surface area contributed by atoms with Gasteiger partial charge >= 0.3 is 0 Å². The molecule has 6 heteroatoms. The van der Waals surface area contributed by atoms with E-state index in [4.69, 9.17) is 0 Å².